The summed E-state index contributed by atoms with van der Waals surface area (Å²) >= 11 is 0. The van der Waals surface area contributed by atoms with Crippen LogP contribution >= 0.6 is 0 Å². The molecule has 0 spiro atoms. The van der Waals surface area contributed by atoms with Crippen molar-refractivity contribution in [3.05, 3.63) is 60.7 Å². The van der Waals surface area contributed by atoms with Gasteiger partial charge in [-0.3, -0.25) is 14.4 Å². The zero-order valence-electron chi connectivity index (χ0n) is 15.7. The molecule has 146 valence electrons. The first kappa shape index (κ1) is 18.5. The summed E-state index contributed by atoms with van der Waals surface area (Å²) in [5, 5.41) is 10.8. The van der Waals surface area contributed by atoms with Crippen molar-refractivity contribution < 1.29 is 19.1 Å². The molecule has 3 aromatic carbocycles. The van der Waals surface area contributed by atoms with Gasteiger partial charge in [-0.05, 0) is 41.8 Å². The van der Waals surface area contributed by atoms with Crippen LogP contribution in [0.1, 0.15) is 13.3 Å². The number of carbonyl (C=O) groups is 3. The minimum atomic E-state index is -0.715. The van der Waals surface area contributed by atoms with E-state index in [0.29, 0.717) is 11.4 Å². The maximum atomic E-state index is 12.7. The summed E-state index contributed by atoms with van der Waals surface area (Å²) in [6.07, 6.45) is -0.0398. The highest BCUT2D eigenvalue weighted by atomic mass is 16.5. The topological polar surface area (TPSA) is 96.5 Å². The predicted molar refractivity (Wildman–Crippen MR) is 111 cm³/mol. The molecule has 1 heterocycles. The highest BCUT2D eigenvalue weighted by Crippen LogP contribution is 2.33. The fraction of sp³-hybridized carbons (Fsp3) is 0.136. The summed E-state index contributed by atoms with van der Waals surface area (Å²) in [5.74, 6) is -0.598. The number of rotatable bonds is 4. The summed E-state index contributed by atoms with van der Waals surface area (Å²) in [7, 11) is 0. The molecule has 1 aliphatic heterocycles. The second kappa shape index (κ2) is 7.63. The molecule has 1 atom stereocenters. The Kier molecular flexibility index (Phi) is 4.87. The number of hydrogen-bond acceptors (Lipinski definition) is 5. The van der Waals surface area contributed by atoms with Crippen LogP contribution in [0.15, 0.2) is 60.7 Å². The van der Waals surface area contributed by atoms with Crippen LogP contribution in [0.5, 0.6) is 5.75 Å². The lowest BCUT2D eigenvalue weighted by Crippen LogP contribution is -2.36. The summed E-state index contributed by atoms with van der Waals surface area (Å²) < 4.78 is 4.97. The number of amides is 2. The Balaban J connectivity index is 1.47. The molecule has 0 fully saturated rings. The minimum absolute atomic E-state index is 0.0398. The lowest BCUT2D eigenvalue weighted by Gasteiger charge is -2.16. The van der Waals surface area contributed by atoms with Crippen LogP contribution in [0.4, 0.5) is 17.1 Å². The third-order valence-electron chi connectivity index (χ3n) is 4.60. The molecule has 0 saturated heterocycles. The maximum Gasteiger partial charge on any atom is 0.308 e. The summed E-state index contributed by atoms with van der Waals surface area (Å²) in [4.78, 5) is 36.1. The third-order valence-corrected chi connectivity index (χ3v) is 4.60. The van der Waals surface area contributed by atoms with Crippen LogP contribution < -0.4 is 20.7 Å². The van der Waals surface area contributed by atoms with Gasteiger partial charge in [0.2, 0.25) is 11.8 Å². The van der Waals surface area contributed by atoms with E-state index in [1.807, 2.05) is 36.4 Å². The van der Waals surface area contributed by atoms with Crippen molar-refractivity contribution in [2.75, 3.05) is 16.0 Å². The van der Waals surface area contributed by atoms with Gasteiger partial charge < -0.3 is 20.7 Å². The number of carbonyl (C=O) groups excluding carboxylic acids is 3. The van der Waals surface area contributed by atoms with Gasteiger partial charge in [0.15, 0.2) is 0 Å². The third kappa shape index (κ3) is 4.03. The monoisotopic (exact) mass is 389 g/mol. The molecule has 29 heavy (non-hydrogen) atoms. The number of nitrogens with one attached hydrogen (secondary N) is 3. The van der Waals surface area contributed by atoms with E-state index in [4.69, 9.17) is 4.74 Å². The van der Waals surface area contributed by atoms with E-state index in [0.717, 1.165) is 22.1 Å². The molecule has 0 unspecified atom stereocenters. The van der Waals surface area contributed by atoms with Gasteiger partial charge in [0, 0.05) is 23.7 Å². The number of ether oxygens (including phenoxy) is 1. The average Bonchev–Trinajstić information content (AvgIpc) is 2.81. The molecule has 7 heteroatoms. The van der Waals surface area contributed by atoms with Crippen LogP contribution in [-0.2, 0) is 14.4 Å². The summed E-state index contributed by atoms with van der Waals surface area (Å²) in [6, 6.07) is 17.2. The van der Waals surface area contributed by atoms with E-state index in [-0.39, 0.29) is 18.2 Å². The lowest BCUT2D eigenvalue weighted by molar-refractivity contribution is -0.131. The molecule has 0 bridgehead atoms. The summed E-state index contributed by atoms with van der Waals surface area (Å²) in [6.45, 7) is 1.32. The SMILES string of the molecule is CC(=O)Oc1ccc(NC(=O)C[C@@H]2Nc3cccc4cccc(c34)NC2=O)cc1. The van der Waals surface area contributed by atoms with Gasteiger partial charge in [-0.15, -0.1) is 0 Å². The Hall–Kier alpha value is -3.87. The number of hydrogen-bond donors (Lipinski definition) is 3. The van der Waals surface area contributed by atoms with Gasteiger partial charge in [0.25, 0.3) is 0 Å². The molecule has 0 radical (unpaired) electrons. The number of benzene rings is 3. The zero-order valence-corrected chi connectivity index (χ0v) is 15.7. The van der Waals surface area contributed by atoms with Gasteiger partial charge in [-0.2, -0.15) is 0 Å². The molecule has 3 N–H and O–H groups in total. The van der Waals surface area contributed by atoms with Gasteiger partial charge in [-0.25, -0.2) is 0 Å². The van der Waals surface area contributed by atoms with Gasteiger partial charge in [0.05, 0.1) is 12.1 Å². The second-order valence-corrected chi connectivity index (χ2v) is 6.77. The fourth-order valence-corrected chi connectivity index (χ4v) is 3.35. The van der Waals surface area contributed by atoms with Crippen molar-refractivity contribution in [3.63, 3.8) is 0 Å². The van der Waals surface area contributed by atoms with E-state index in [2.05, 4.69) is 16.0 Å². The number of esters is 1. The standard InChI is InChI=1S/C22H19N3O4/c1-13(26)29-16-10-8-15(9-11-16)23-20(27)12-19-22(28)25-18-7-3-5-14-4-2-6-17(24-19)21(14)18/h2-11,19,24H,12H2,1H3,(H,23,27)(H,25,28)/t19-/m0/s1. The Bertz CT molecular complexity index is 1100. The molecule has 4 rings (SSSR count). The van der Waals surface area contributed by atoms with E-state index in [9.17, 15) is 14.4 Å². The lowest BCUT2D eigenvalue weighted by atomic mass is 10.1. The van der Waals surface area contributed by atoms with Crippen LogP contribution in [0.2, 0.25) is 0 Å². The average molecular weight is 389 g/mol. The molecule has 1 aliphatic rings. The highest BCUT2D eigenvalue weighted by molar-refractivity contribution is 6.13. The quantitative estimate of drug-likeness (QED) is 0.469. The van der Waals surface area contributed by atoms with Crippen LogP contribution in [-0.4, -0.2) is 23.8 Å². The van der Waals surface area contributed by atoms with Crippen LogP contribution in [0.3, 0.4) is 0 Å². The van der Waals surface area contributed by atoms with Gasteiger partial charge in [0.1, 0.15) is 11.8 Å². The van der Waals surface area contributed by atoms with E-state index >= 15 is 0 Å². The molecular formula is C22H19N3O4. The van der Waals surface area contributed by atoms with Crippen LogP contribution in [0, 0.1) is 0 Å². The number of anilines is 3. The second-order valence-electron chi connectivity index (χ2n) is 6.77. The van der Waals surface area contributed by atoms with Crippen molar-refractivity contribution >= 4 is 45.6 Å². The van der Waals surface area contributed by atoms with Crippen molar-refractivity contribution in [2.24, 2.45) is 0 Å². The normalized spacial score (nSPS) is 15.1. The van der Waals surface area contributed by atoms with E-state index in [1.165, 1.54) is 6.92 Å². The predicted octanol–water partition coefficient (Wildman–Crippen LogP) is 3.53. The molecule has 0 saturated carbocycles. The summed E-state index contributed by atoms with van der Waals surface area (Å²) in [5.41, 5.74) is 2.07. The Labute approximate surface area is 167 Å². The minimum Gasteiger partial charge on any atom is -0.427 e. The first-order chi connectivity index (χ1) is 14.0. The van der Waals surface area contributed by atoms with E-state index in [1.54, 1.807) is 24.3 Å². The highest BCUT2D eigenvalue weighted by Gasteiger charge is 2.26. The van der Waals surface area contributed by atoms with Crippen LogP contribution in [0.25, 0.3) is 10.8 Å². The van der Waals surface area contributed by atoms with Gasteiger partial charge >= 0.3 is 5.97 Å². The maximum absolute atomic E-state index is 12.7. The van der Waals surface area contributed by atoms with E-state index < -0.39 is 12.0 Å². The Morgan fingerprint density at radius 1 is 1.00 bits per heavy atom. The molecule has 7 nitrogen and oxygen atoms in total. The molecule has 0 aliphatic carbocycles. The molecule has 0 aromatic heterocycles. The Morgan fingerprint density at radius 2 is 1.69 bits per heavy atom. The zero-order chi connectivity index (χ0) is 20.4. The molecule has 3 aromatic rings. The van der Waals surface area contributed by atoms with Crippen molar-refractivity contribution in [1.82, 2.24) is 0 Å². The first-order valence-electron chi connectivity index (χ1n) is 9.17. The first-order valence-corrected chi connectivity index (χ1v) is 9.17. The molecular weight excluding hydrogens is 370 g/mol. The Morgan fingerprint density at radius 3 is 2.38 bits per heavy atom. The smallest absolute Gasteiger partial charge is 0.308 e. The molecule has 2 amide bonds. The van der Waals surface area contributed by atoms with Crippen molar-refractivity contribution in [3.8, 4) is 5.75 Å². The van der Waals surface area contributed by atoms with Crippen molar-refractivity contribution in [1.29, 1.82) is 0 Å². The fourth-order valence-electron chi connectivity index (χ4n) is 3.35. The van der Waals surface area contributed by atoms with Crippen molar-refractivity contribution in [2.45, 2.75) is 19.4 Å². The largest absolute Gasteiger partial charge is 0.427 e. The van der Waals surface area contributed by atoms with Gasteiger partial charge in [-0.1, -0.05) is 24.3 Å².